The molecule has 0 fully saturated rings. The monoisotopic (exact) mass is 336 g/mol. The summed E-state index contributed by atoms with van der Waals surface area (Å²) in [5.41, 5.74) is -0.168. The van der Waals surface area contributed by atoms with Crippen molar-refractivity contribution in [1.82, 2.24) is 0 Å². The highest BCUT2D eigenvalue weighted by Crippen LogP contribution is 2.27. The van der Waals surface area contributed by atoms with Gasteiger partial charge in [0.25, 0.3) is 0 Å². The number of benzene rings is 1. The van der Waals surface area contributed by atoms with E-state index in [1.165, 1.54) is 0 Å². The van der Waals surface area contributed by atoms with E-state index in [1.807, 2.05) is 0 Å². The molecule has 0 saturated heterocycles. The molecule has 22 heavy (non-hydrogen) atoms. The minimum Gasteiger partial charge on any atom is -0.422 e. The molecule has 0 N–H and O–H groups in total. The number of rotatable bonds is 9. The van der Waals surface area contributed by atoms with Crippen LogP contribution in [0.5, 0.6) is 0 Å². The van der Waals surface area contributed by atoms with Crippen LogP contribution < -0.4 is 0 Å². The first kappa shape index (κ1) is 19.2. The van der Waals surface area contributed by atoms with E-state index in [0.29, 0.717) is 16.9 Å². The van der Waals surface area contributed by atoms with Crippen LogP contribution in [-0.4, -0.2) is 16.1 Å². The largest absolute Gasteiger partial charge is 0.422 e. The molecule has 0 heterocycles. The number of aryl methyl sites for hydroxylation is 1. The average Bonchev–Trinajstić information content (AvgIpc) is 2.54. The minimum atomic E-state index is -1.75. The lowest BCUT2D eigenvalue weighted by Crippen LogP contribution is -2.30. The third kappa shape index (κ3) is 4.55. The van der Waals surface area contributed by atoms with Gasteiger partial charge in [0.05, 0.1) is 5.60 Å². The zero-order valence-electron chi connectivity index (χ0n) is 13.4. The molecule has 0 amide bonds. The standard InChI is InChI=1S/C16H24F4OSi/c1-3-16(4-2,21-22)9-7-5-6-8-11-10-12(17)14(19)15(20)13(11)18/h10H,3-9H2,1-2,22H3. The van der Waals surface area contributed by atoms with E-state index in [1.54, 1.807) is 0 Å². The second kappa shape index (κ2) is 8.67. The Morgan fingerprint density at radius 2 is 1.59 bits per heavy atom. The quantitative estimate of drug-likeness (QED) is 0.216. The van der Waals surface area contributed by atoms with Gasteiger partial charge in [0.2, 0.25) is 0 Å². The van der Waals surface area contributed by atoms with Gasteiger partial charge in [0.15, 0.2) is 23.3 Å². The molecule has 0 aliphatic heterocycles. The molecule has 0 aliphatic rings. The van der Waals surface area contributed by atoms with Crippen molar-refractivity contribution >= 4 is 10.5 Å². The van der Waals surface area contributed by atoms with Gasteiger partial charge in [-0.2, -0.15) is 0 Å². The highest BCUT2D eigenvalue weighted by atomic mass is 28.2. The normalized spacial score (nSPS) is 12.1. The van der Waals surface area contributed by atoms with Crippen molar-refractivity contribution in [1.29, 1.82) is 0 Å². The second-order valence-electron chi connectivity index (χ2n) is 5.61. The Balaban J connectivity index is 2.49. The summed E-state index contributed by atoms with van der Waals surface area (Å²) in [6.07, 6.45) is 5.37. The maximum Gasteiger partial charge on any atom is 0.197 e. The predicted molar refractivity (Wildman–Crippen MR) is 82.8 cm³/mol. The lowest BCUT2D eigenvalue weighted by molar-refractivity contribution is 0.0583. The van der Waals surface area contributed by atoms with Crippen molar-refractivity contribution in [2.75, 3.05) is 0 Å². The van der Waals surface area contributed by atoms with E-state index in [0.717, 1.165) is 38.2 Å². The SMILES string of the molecule is CCC(CC)(CCCCCc1cc(F)c(F)c(F)c1F)O[SiH3]. The molecular weight excluding hydrogens is 312 g/mol. The van der Waals surface area contributed by atoms with Gasteiger partial charge in [-0.3, -0.25) is 0 Å². The molecule has 6 heteroatoms. The van der Waals surface area contributed by atoms with E-state index in [4.69, 9.17) is 4.43 Å². The minimum absolute atomic E-state index is 0.0639. The average molecular weight is 336 g/mol. The summed E-state index contributed by atoms with van der Waals surface area (Å²) >= 11 is 0. The van der Waals surface area contributed by atoms with Crippen LogP contribution in [0.2, 0.25) is 0 Å². The summed E-state index contributed by atoms with van der Waals surface area (Å²) in [6.45, 7) is 4.20. The first-order valence-electron chi connectivity index (χ1n) is 7.77. The third-order valence-corrected chi connectivity index (χ3v) is 5.34. The molecule has 126 valence electrons. The zero-order chi connectivity index (χ0) is 16.8. The fraction of sp³-hybridized carbons (Fsp3) is 0.625. The fourth-order valence-electron chi connectivity index (χ4n) is 2.74. The Morgan fingerprint density at radius 3 is 2.14 bits per heavy atom. The maximum atomic E-state index is 13.5. The summed E-state index contributed by atoms with van der Waals surface area (Å²) < 4.78 is 58.3. The van der Waals surface area contributed by atoms with E-state index in [-0.39, 0.29) is 17.6 Å². The Kier molecular flexibility index (Phi) is 7.55. The number of hydrogen-bond acceptors (Lipinski definition) is 1. The molecule has 0 aromatic heterocycles. The van der Waals surface area contributed by atoms with Crippen LogP contribution in [0.1, 0.15) is 57.9 Å². The fourth-order valence-corrected chi connectivity index (χ4v) is 3.52. The maximum absolute atomic E-state index is 13.5. The Hall–Kier alpha value is -0.883. The van der Waals surface area contributed by atoms with E-state index >= 15 is 0 Å². The van der Waals surface area contributed by atoms with Crippen molar-refractivity contribution in [2.45, 2.75) is 64.4 Å². The molecule has 1 aromatic rings. The number of halogens is 4. The molecule has 0 saturated carbocycles. The van der Waals surface area contributed by atoms with Gasteiger partial charge in [0, 0.05) is 0 Å². The summed E-state index contributed by atoms with van der Waals surface area (Å²) in [5.74, 6) is -6.09. The van der Waals surface area contributed by atoms with E-state index in [2.05, 4.69) is 13.8 Å². The smallest absolute Gasteiger partial charge is 0.197 e. The second-order valence-corrected chi connectivity index (χ2v) is 6.02. The van der Waals surface area contributed by atoms with Gasteiger partial charge < -0.3 is 4.43 Å². The molecule has 1 rings (SSSR count). The molecule has 0 bridgehead atoms. The van der Waals surface area contributed by atoms with E-state index < -0.39 is 23.3 Å². The molecular formula is C16H24F4OSi. The van der Waals surface area contributed by atoms with Crippen LogP contribution in [0.4, 0.5) is 17.6 Å². The van der Waals surface area contributed by atoms with Crippen LogP contribution in [0.25, 0.3) is 0 Å². The van der Waals surface area contributed by atoms with Crippen LogP contribution >= 0.6 is 0 Å². The van der Waals surface area contributed by atoms with Gasteiger partial charge in [-0.25, -0.2) is 17.6 Å². The first-order chi connectivity index (χ1) is 10.4. The van der Waals surface area contributed by atoms with Gasteiger partial charge in [-0.15, -0.1) is 0 Å². The summed E-state index contributed by atoms with van der Waals surface area (Å²) in [6, 6.07) is 0.747. The molecule has 1 nitrogen and oxygen atoms in total. The topological polar surface area (TPSA) is 9.23 Å². The number of unbranched alkanes of at least 4 members (excludes halogenated alkanes) is 2. The molecule has 1 aromatic carbocycles. The van der Waals surface area contributed by atoms with Gasteiger partial charge >= 0.3 is 0 Å². The highest BCUT2D eigenvalue weighted by Gasteiger charge is 2.24. The molecule has 0 spiro atoms. The van der Waals surface area contributed by atoms with Crippen molar-refractivity contribution in [3.8, 4) is 0 Å². The molecule has 0 unspecified atom stereocenters. The van der Waals surface area contributed by atoms with Crippen molar-refractivity contribution in [3.05, 3.63) is 34.9 Å². The van der Waals surface area contributed by atoms with Gasteiger partial charge in [0.1, 0.15) is 10.5 Å². The molecule has 0 aliphatic carbocycles. The number of hydrogen-bond donors (Lipinski definition) is 0. The predicted octanol–water partition coefficient (Wildman–Crippen LogP) is 4.20. The van der Waals surface area contributed by atoms with Crippen molar-refractivity contribution in [3.63, 3.8) is 0 Å². The van der Waals surface area contributed by atoms with Crippen LogP contribution in [0, 0.1) is 23.3 Å². The Labute approximate surface area is 132 Å². The molecule has 0 atom stereocenters. The molecule has 0 radical (unpaired) electrons. The van der Waals surface area contributed by atoms with Gasteiger partial charge in [-0.05, 0) is 43.7 Å². The highest BCUT2D eigenvalue weighted by molar-refractivity contribution is 5.98. The first-order valence-corrected chi connectivity index (χ1v) is 8.59. The lowest BCUT2D eigenvalue weighted by atomic mass is 9.90. The third-order valence-electron chi connectivity index (χ3n) is 4.48. The summed E-state index contributed by atoms with van der Waals surface area (Å²) in [5, 5.41) is 0. The Morgan fingerprint density at radius 1 is 0.955 bits per heavy atom. The van der Waals surface area contributed by atoms with Crippen LogP contribution in [0.3, 0.4) is 0 Å². The van der Waals surface area contributed by atoms with E-state index in [9.17, 15) is 17.6 Å². The van der Waals surface area contributed by atoms with Crippen LogP contribution in [-0.2, 0) is 10.8 Å². The van der Waals surface area contributed by atoms with Crippen molar-refractivity contribution in [2.24, 2.45) is 0 Å². The van der Waals surface area contributed by atoms with Crippen LogP contribution in [0.15, 0.2) is 6.07 Å². The summed E-state index contributed by atoms with van der Waals surface area (Å²) in [4.78, 5) is 0. The Bertz CT molecular complexity index is 481. The zero-order valence-corrected chi connectivity index (χ0v) is 15.4. The summed E-state index contributed by atoms with van der Waals surface area (Å²) in [7, 11) is 0.692. The van der Waals surface area contributed by atoms with Gasteiger partial charge in [-0.1, -0.05) is 26.7 Å². The van der Waals surface area contributed by atoms with Crippen molar-refractivity contribution < 1.29 is 22.0 Å². The lowest BCUT2D eigenvalue weighted by Gasteiger charge is -2.31.